The molecule has 1 fully saturated rings. The molecule has 20 heavy (non-hydrogen) atoms. The molecule has 0 bridgehead atoms. The van der Waals surface area contributed by atoms with E-state index >= 15 is 0 Å². The van der Waals surface area contributed by atoms with Gasteiger partial charge in [0.25, 0.3) is 0 Å². The van der Waals surface area contributed by atoms with E-state index in [2.05, 4.69) is 11.9 Å². The van der Waals surface area contributed by atoms with Crippen LogP contribution in [0, 0.1) is 5.92 Å². The largest absolute Gasteiger partial charge is 0.396 e. The predicted molar refractivity (Wildman–Crippen MR) is 78.2 cm³/mol. The molecule has 1 aromatic rings. The first-order valence-corrected chi connectivity index (χ1v) is 7.51. The maximum Gasteiger partial charge on any atom is 0.222 e. The van der Waals surface area contributed by atoms with Gasteiger partial charge >= 0.3 is 0 Å². The highest BCUT2D eigenvalue weighted by molar-refractivity contribution is 5.76. The Morgan fingerprint density at radius 2 is 2.30 bits per heavy atom. The quantitative estimate of drug-likeness (QED) is 0.895. The third-order valence-electron chi connectivity index (χ3n) is 4.11. The van der Waals surface area contributed by atoms with Crippen LogP contribution in [0.15, 0.2) is 24.4 Å². The van der Waals surface area contributed by atoms with E-state index in [0.717, 1.165) is 31.4 Å². The van der Waals surface area contributed by atoms with Crippen molar-refractivity contribution in [2.24, 2.45) is 5.92 Å². The normalized spacial score (nSPS) is 22.8. The smallest absolute Gasteiger partial charge is 0.222 e. The zero-order valence-electron chi connectivity index (χ0n) is 12.2. The van der Waals surface area contributed by atoms with Gasteiger partial charge in [-0.05, 0) is 50.7 Å². The molecule has 1 aromatic heterocycles. The van der Waals surface area contributed by atoms with Crippen molar-refractivity contribution < 1.29 is 9.90 Å². The second-order valence-electron chi connectivity index (χ2n) is 5.70. The first-order chi connectivity index (χ1) is 9.70. The molecule has 1 N–H and O–H groups in total. The summed E-state index contributed by atoms with van der Waals surface area (Å²) < 4.78 is 0. The Morgan fingerprint density at radius 1 is 1.45 bits per heavy atom. The molecule has 4 heteroatoms. The van der Waals surface area contributed by atoms with Gasteiger partial charge in [0.2, 0.25) is 5.91 Å². The van der Waals surface area contributed by atoms with Crippen LogP contribution in [0.2, 0.25) is 0 Å². The van der Waals surface area contributed by atoms with Crippen LogP contribution in [-0.4, -0.2) is 40.1 Å². The summed E-state index contributed by atoms with van der Waals surface area (Å²) >= 11 is 0. The molecule has 0 aliphatic carbocycles. The molecule has 0 radical (unpaired) electrons. The van der Waals surface area contributed by atoms with Gasteiger partial charge in [-0.2, -0.15) is 0 Å². The van der Waals surface area contributed by atoms with Gasteiger partial charge < -0.3 is 10.0 Å². The van der Waals surface area contributed by atoms with Crippen LogP contribution < -0.4 is 0 Å². The summed E-state index contributed by atoms with van der Waals surface area (Å²) in [6.07, 6.45) is 6.06. The lowest BCUT2D eigenvalue weighted by molar-refractivity contribution is -0.136. The van der Waals surface area contributed by atoms with E-state index in [1.54, 1.807) is 6.20 Å². The SMILES string of the molecule is CC1CCC(CO)CN1C(=O)CCCc1ccccn1. The highest BCUT2D eigenvalue weighted by Crippen LogP contribution is 2.22. The highest BCUT2D eigenvalue weighted by atomic mass is 16.3. The Balaban J connectivity index is 1.79. The van der Waals surface area contributed by atoms with Gasteiger partial charge in [0.1, 0.15) is 0 Å². The Morgan fingerprint density at radius 3 is 3.00 bits per heavy atom. The minimum absolute atomic E-state index is 0.185. The molecule has 2 rings (SSSR count). The lowest BCUT2D eigenvalue weighted by Gasteiger charge is -2.37. The molecular formula is C16H24N2O2. The molecule has 0 aromatic carbocycles. The molecule has 0 saturated carbocycles. The zero-order chi connectivity index (χ0) is 14.4. The summed E-state index contributed by atoms with van der Waals surface area (Å²) in [6.45, 7) is 2.99. The first-order valence-electron chi connectivity index (χ1n) is 7.51. The van der Waals surface area contributed by atoms with Crippen molar-refractivity contribution in [2.75, 3.05) is 13.2 Å². The predicted octanol–water partition coefficient (Wildman–Crippen LogP) is 2.02. The van der Waals surface area contributed by atoms with Crippen molar-refractivity contribution in [1.29, 1.82) is 0 Å². The van der Waals surface area contributed by atoms with Gasteiger partial charge in [-0.15, -0.1) is 0 Å². The maximum atomic E-state index is 12.3. The fraction of sp³-hybridized carbons (Fsp3) is 0.625. The van der Waals surface area contributed by atoms with Crippen LogP contribution in [0.4, 0.5) is 0 Å². The van der Waals surface area contributed by atoms with Gasteiger partial charge in [0.05, 0.1) is 0 Å². The standard InChI is InChI=1S/C16H24N2O2/c1-13-8-9-14(12-19)11-18(13)16(20)7-4-6-15-5-2-3-10-17-15/h2-3,5,10,13-14,19H,4,6-9,11-12H2,1H3. The number of hydrogen-bond acceptors (Lipinski definition) is 3. The summed E-state index contributed by atoms with van der Waals surface area (Å²) in [5, 5.41) is 9.26. The van der Waals surface area contributed by atoms with Crippen LogP contribution in [0.3, 0.4) is 0 Å². The zero-order valence-corrected chi connectivity index (χ0v) is 12.2. The number of aliphatic hydroxyl groups excluding tert-OH is 1. The van der Waals surface area contributed by atoms with E-state index in [0.29, 0.717) is 19.0 Å². The molecule has 2 unspecified atom stereocenters. The molecule has 1 amide bonds. The number of piperidine rings is 1. The van der Waals surface area contributed by atoms with Crippen LogP contribution in [-0.2, 0) is 11.2 Å². The van der Waals surface area contributed by atoms with Crippen LogP contribution in [0.25, 0.3) is 0 Å². The lowest BCUT2D eigenvalue weighted by atomic mass is 9.93. The Hall–Kier alpha value is -1.42. The number of hydrogen-bond donors (Lipinski definition) is 1. The Bertz CT molecular complexity index is 422. The van der Waals surface area contributed by atoms with Crippen molar-refractivity contribution >= 4 is 5.91 Å². The second kappa shape index (κ2) is 7.39. The molecule has 2 atom stereocenters. The van der Waals surface area contributed by atoms with E-state index in [1.165, 1.54) is 0 Å². The number of rotatable bonds is 5. The molecule has 1 saturated heterocycles. The number of pyridine rings is 1. The van der Waals surface area contributed by atoms with E-state index in [4.69, 9.17) is 0 Å². The van der Waals surface area contributed by atoms with E-state index in [-0.39, 0.29) is 18.4 Å². The van der Waals surface area contributed by atoms with Crippen molar-refractivity contribution in [2.45, 2.75) is 45.1 Å². The topological polar surface area (TPSA) is 53.4 Å². The van der Waals surface area contributed by atoms with Gasteiger partial charge in [-0.3, -0.25) is 9.78 Å². The Labute approximate surface area is 120 Å². The molecule has 2 heterocycles. The van der Waals surface area contributed by atoms with Crippen molar-refractivity contribution in [3.8, 4) is 0 Å². The molecule has 1 aliphatic rings. The first kappa shape index (κ1) is 15.0. The number of aliphatic hydroxyl groups is 1. The molecule has 0 spiro atoms. The lowest BCUT2D eigenvalue weighted by Crippen LogP contribution is -2.46. The van der Waals surface area contributed by atoms with E-state index < -0.39 is 0 Å². The fourth-order valence-electron chi connectivity index (χ4n) is 2.79. The van der Waals surface area contributed by atoms with Gasteiger partial charge in [0.15, 0.2) is 0 Å². The second-order valence-corrected chi connectivity index (χ2v) is 5.70. The van der Waals surface area contributed by atoms with Crippen molar-refractivity contribution in [3.63, 3.8) is 0 Å². The fourth-order valence-corrected chi connectivity index (χ4v) is 2.79. The maximum absolute atomic E-state index is 12.3. The van der Waals surface area contributed by atoms with Crippen molar-refractivity contribution in [1.82, 2.24) is 9.88 Å². The van der Waals surface area contributed by atoms with Gasteiger partial charge in [-0.25, -0.2) is 0 Å². The Kier molecular flexibility index (Phi) is 5.53. The average molecular weight is 276 g/mol. The molecule has 110 valence electrons. The number of carbonyl (C=O) groups is 1. The van der Waals surface area contributed by atoms with Gasteiger partial charge in [0, 0.05) is 37.5 Å². The number of amides is 1. The average Bonchev–Trinajstić information content (AvgIpc) is 2.48. The summed E-state index contributed by atoms with van der Waals surface area (Å²) in [5.74, 6) is 0.470. The third-order valence-corrected chi connectivity index (χ3v) is 4.11. The number of nitrogens with zero attached hydrogens (tertiary/aromatic N) is 2. The summed E-state index contributed by atoms with van der Waals surface area (Å²) in [7, 11) is 0. The summed E-state index contributed by atoms with van der Waals surface area (Å²) in [5.41, 5.74) is 1.04. The molecular weight excluding hydrogens is 252 g/mol. The molecule has 4 nitrogen and oxygen atoms in total. The van der Waals surface area contributed by atoms with Crippen LogP contribution in [0.5, 0.6) is 0 Å². The summed E-state index contributed by atoms with van der Waals surface area (Å²) in [6, 6.07) is 6.18. The van der Waals surface area contributed by atoms with Crippen LogP contribution in [0.1, 0.15) is 38.3 Å². The number of carbonyl (C=O) groups excluding carboxylic acids is 1. The third kappa shape index (κ3) is 4.04. The van der Waals surface area contributed by atoms with E-state index in [1.807, 2.05) is 23.1 Å². The number of likely N-dealkylation sites (tertiary alicyclic amines) is 1. The van der Waals surface area contributed by atoms with E-state index in [9.17, 15) is 9.90 Å². The molecule has 1 aliphatic heterocycles. The minimum Gasteiger partial charge on any atom is -0.396 e. The summed E-state index contributed by atoms with van der Waals surface area (Å²) in [4.78, 5) is 18.5. The minimum atomic E-state index is 0.185. The number of aryl methyl sites for hydroxylation is 1. The van der Waals surface area contributed by atoms with Crippen LogP contribution >= 0.6 is 0 Å². The monoisotopic (exact) mass is 276 g/mol. The highest BCUT2D eigenvalue weighted by Gasteiger charge is 2.27. The van der Waals surface area contributed by atoms with Crippen molar-refractivity contribution in [3.05, 3.63) is 30.1 Å². The van der Waals surface area contributed by atoms with Gasteiger partial charge in [-0.1, -0.05) is 6.07 Å². The number of aromatic nitrogens is 1.